The second-order valence-corrected chi connectivity index (χ2v) is 6.25. The third kappa shape index (κ3) is 6.34. The van der Waals surface area contributed by atoms with E-state index in [0.717, 1.165) is 25.9 Å². The average molecular weight is 272 g/mol. The number of amides is 1. The zero-order valence-electron chi connectivity index (χ0n) is 12.4. The Labute approximate surface area is 117 Å². The van der Waals surface area contributed by atoms with Crippen molar-refractivity contribution in [2.24, 2.45) is 23.5 Å². The van der Waals surface area contributed by atoms with Crippen LogP contribution in [0, 0.1) is 17.8 Å². The lowest BCUT2D eigenvalue weighted by Crippen LogP contribution is -2.44. The van der Waals surface area contributed by atoms with Gasteiger partial charge in [0.05, 0.1) is 10.9 Å². The molecule has 0 radical (unpaired) electrons. The quantitative estimate of drug-likeness (QED) is 0.691. The molecule has 0 aliphatic carbocycles. The maximum Gasteiger partial charge on any atom is 0.232 e. The summed E-state index contributed by atoms with van der Waals surface area (Å²) in [6.45, 7) is 12.1. The molecule has 4 heteroatoms. The molecule has 1 amide bonds. The second-order valence-electron chi connectivity index (χ2n) is 5.77. The van der Waals surface area contributed by atoms with Crippen molar-refractivity contribution >= 4 is 23.1 Å². The normalized spacial score (nSPS) is 12.8. The van der Waals surface area contributed by atoms with E-state index in [1.807, 2.05) is 11.8 Å². The van der Waals surface area contributed by atoms with E-state index in [0.29, 0.717) is 16.8 Å². The van der Waals surface area contributed by atoms with Crippen molar-refractivity contribution in [1.29, 1.82) is 0 Å². The molecule has 1 unspecified atom stereocenters. The molecule has 0 rings (SSSR count). The van der Waals surface area contributed by atoms with Crippen LogP contribution < -0.4 is 5.73 Å². The average Bonchev–Trinajstić information content (AvgIpc) is 2.22. The first kappa shape index (κ1) is 17.4. The summed E-state index contributed by atoms with van der Waals surface area (Å²) in [5.74, 6) is 0.733. The van der Waals surface area contributed by atoms with Crippen molar-refractivity contribution in [2.45, 2.75) is 47.5 Å². The maximum absolute atomic E-state index is 12.5. The minimum absolute atomic E-state index is 0.103. The largest absolute Gasteiger partial charge is 0.393 e. The molecule has 0 fully saturated rings. The van der Waals surface area contributed by atoms with Gasteiger partial charge in [-0.15, -0.1) is 0 Å². The Kier molecular flexibility index (Phi) is 8.16. The summed E-state index contributed by atoms with van der Waals surface area (Å²) in [5, 5.41) is 0. The molecule has 0 aromatic rings. The molecular formula is C14H28N2OS. The highest BCUT2D eigenvalue weighted by Gasteiger charge is 2.26. The summed E-state index contributed by atoms with van der Waals surface area (Å²) in [6.07, 6.45) is 1.67. The number of hydrogen-bond donors (Lipinski definition) is 1. The number of carbonyl (C=O) groups excluding carboxylic acids is 1. The highest BCUT2D eigenvalue weighted by atomic mass is 32.1. The molecule has 0 spiro atoms. The third-order valence-electron chi connectivity index (χ3n) is 2.70. The van der Waals surface area contributed by atoms with Gasteiger partial charge in [0.25, 0.3) is 0 Å². The Balaban J connectivity index is 4.83. The zero-order valence-corrected chi connectivity index (χ0v) is 13.2. The van der Waals surface area contributed by atoms with Crippen molar-refractivity contribution in [2.75, 3.05) is 13.1 Å². The number of nitrogens with two attached hydrogens (primary N) is 1. The van der Waals surface area contributed by atoms with Crippen LogP contribution in [0.5, 0.6) is 0 Å². The van der Waals surface area contributed by atoms with Crippen molar-refractivity contribution < 1.29 is 4.79 Å². The van der Waals surface area contributed by atoms with E-state index in [4.69, 9.17) is 18.0 Å². The van der Waals surface area contributed by atoms with E-state index in [2.05, 4.69) is 27.7 Å². The van der Waals surface area contributed by atoms with Crippen LogP contribution in [-0.4, -0.2) is 28.9 Å². The Morgan fingerprint density at radius 1 is 1.17 bits per heavy atom. The van der Waals surface area contributed by atoms with E-state index in [-0.39, 0.29) is 11.8 Å². The topological polar surface area (TPSA) is 46.3 Å². The van der Waals surface area contributed by atoms with Crippen LogP contribution in [0.15, 0.2) is 0 Å². The van der Waals surface area contributed by atoms with Crippen LogP contribution in [0.2, 0.25) is 0 Å². The molecule has 0 aliphatic rings. The van der Waals surface area contributed by atoms with Gasteiger partial charge in [-0.2, -0.15) is 0 Å². The number of carbonyl (C=O) groups is 1. The van der Waals surface area contributed by atoms with E-state index in [1.165, 1.54) is 0 Å². The highest BCUT2D eigenvalue weighted by Crippen LogP contribution is 2.14. The fourth-order valence-electron chi connectivity index (χ4n) is 2.03. The minimum Gasteiger partial charge on any atom is -0.393 e. The molecule has 1 atom stereocenters. The maximum atomic E-state index is 12.5. The van der Waals surface area contributed by atoms with E-state index < -0.39 is 0 Å². The van der Waals surface area contributed by atoms with Crippen molar-refractivity contribution in [3.05, 3.63) is 0 Å². The molecular weight excluding hydrogens is 244 g/mol. The highest BCUT2D eigenvalue weighted by molar-refractivity contribution is 7.80. The van der Waals surface area contributed by atoms with Crippen molar-refractivity contribution in [3.8, 4) is 0 Å². The molecule has 18 heavy (non-hydrogen) atoms. The van der Waals surface area contributed by atoms with Crippen LogP contribution in [0.1, 0.15) is 47.5 Å². The first-order valence-corrected chi connectivity index (χ1v) is 7.28. The van der Waals surface area contributed by atoms with Gasteiger partial charge in [0, 0.05) is 13.1 Å². The van der Waals surface area contributed by atoms with Gasteiger partial charge in [0.1, 0.15) is 0 Å². The molecule has 0 saturated carbocycles. The smallest absolute Gasteiger partial charge is 0.232 e. The fraction of sp³-hybridized carbons (Fsp3) is 0.857. The van der Waals surface area contributed by atoms with Crippen LogP contribution in [0.25, 0.3) is 0 Å². The lowest BCUT2D eigenvalue weighted by Gasteiger charge is -2.29. The van der Waals surface area contributed by atoms with Crippen molar-refractivity contribution in [1.82, 2.24) is 4.90 Å². The Bertz CT molecular complexity index is 267. The van der Waals surface area contributed by atoms with Crippen LogP contribution in [-0.2, 0) is 4.79 Å². The van der Waals surface area contributed by atoms with Gasteiger partial charge in [-0.3, -0.25) is 4.79 Å². The Morgan fingerprint density at radius 2 is 1.61 bits per heavy atom. The molecule has 0 heterocycles. The molecule has 3 nitrogen and oxygen atoms in total. The van der Waals surface area contributed by atoms with Gasteiger partial charge in [-0.1, -0.05) is 53.3 Å². The number of rotatable bonds is 8. The second kappa shape index (κ2) is 8.46. The van der Waals surface area contributed by atoms with Crippen LogP contribution in [0.3, 0.4) is 0 Å². The zero-order chi connectivity index (χ0) is 14.3. The first-order valence-electron chi connectivity index (χ1n) is 6.87. The standard InChI is InChI=1S/C14H28N2OS/c1-6-7-12(13(15)18)14(17)16(8-10(2)3)9-11(4)5/h10-12H,6-9H2,1-5H3,(H2,15,18). The molecule has 0 aromatic carbocycles. The van der Waals surface area contributed by atoms with Gasteiger partial charge in [0.15, 0.2) is 0 Å². The Morgan fingerprint density at radius 3 is 1.89 bits per heavy atom. The minimum atomic E-state index is -0.289. The SMILES string of the molecule is CCCC(C(=O)N(CC(C)C)CC(C)C)C(N)=S. The summed E-state index contributed by atoms with van der Waals surface area (Å²) < 4.78 is 0. The predicted molar refractivity (Wildman–Crippen MR) is 81.4 cm³/mol. The molecule has 2 N–H and O–H groups in total. The summed E-state index contributed by atoms with van der Waals surface area (Å²) in [7, 11) is 0. The number of thiocarbonyl (C=S) groups is 1. The predicted octanol–water partition coefficient (Wildman–Crippen LogP) is 2.83. The third-order valence-corrected chi connectivity index (χ3v) is 2.99. The summed E-state index contributed by atoms with van der Waals surface area (Å²) in [4.78, 5) is 14.8. The fourth-order valence-corrected chi connectivity index (χ4v) is 2.25. The lowest BCUT2D eigenvalue weighted by atomic mass is 10.0. The van der Waals surface area contributed by atoms with Gasteiger partial charge in [-0.25, -0.2) is 0 Å². The van der Waals surface area contributed by atoms with Crippen LogP contribution >= 0.6 is 12.2 Å². The van der Waals surface area contributed by atoms with E-state index in [1.54, 1.807) is 0 Å². The monoisotopic (exact) mass is 272 g/mol. The van der Waals surface area contributed by atoms with E-state index in [9.17, 15) is 4.79 Å². The number of nitrogens with zero attached hydrogens (tertiary/aromatic N) is 1. The van der Waals surface area contributed by atoms with Gasteiger partial charge >= 0.3 is 0 Å². The first-order chi connectivity index (χ1) is 8.29. The summed E-state index contributed by atoms with van der Waals surface area (Å²) in [5.41, 5.74) is 5.71. The molecule has 0 aliphatic heterocycles. The van der Waals surface area contributed by atoms with Gasteiger partial charge in [0.2, 0.25) is 5.91 Å². The lowest BCUT2D eigenvalue weighted by molar-refractivity contribution is -0.134. The molecule has 106 valence electrons. The Hall–Kier alpha value is -0.640. The van der Waals surface area contributed by atoms with Gasteiger partial charge in [-0.05, 0) is 18.3 Å². The summed E-state index contributed by atoms with van der Waals surface area (Å²) in [6, 6.07) is 0. The molecule has 0 bridgehead atoms. The van der Waals surface area contributed by atoms with Gasteiger partial charge < -0.3 is 10.6 Å². The summed E-state index contributed by atoms with van der Waals surface area (Å²) >= 11 is 5.04. The van der Waals surface area contributed by atoms with E-state index >= 15 is 0 Å². The molecule has 0 aromatic heterocycles. The number of hydrogen-bond acceptors (Lipinski definition) is 2. The van der Waals surface area contributed by atoms with Crippen molar-refractivity contribution in [3.63, 3.8) is 0 Å². The van der Waals surface area contributed by atoms with Crippen LogP contribution in [0.4, 0.5) is 0 Å². The molecule has 0 saturated heterocycles.